The van der Waals surface area contributed by atoms with Crippen LogP contribution in [0.1, 0.15) is 17.4 Å². The average molecular weight is 361 g/mol. The van der Waals surface area contributed by atoms with Crippen LogP contribution in [0.25, 0.3) is 0 Å². The van der Waals surface area contributed by atoms with E-state index < -0.39 is 0 Å². The predicted octanol–water partition coefficient (Wildman–Crippen LogP) is 3.86. The molecule has 0 aliphatic heterocycles. The lowest BCUT2D eigenvalue weighted by Gasteiger charge is -2.12. The number of hydrogen-bond acceptors (Lipinski definition) is 3. The lowest BCUT2D eigenvalue weighted by atomic mass is 10.1. The third-order valence-corrected chi connectivity index (χ3v) is 3.74. The second kappa shape index (κ2) is 5.25. The first-order valence-electron chi connectivity index (χ1n) is 4.95. The van der Waals surface area contributed by atoms with E-state index >= 15 is 0 Å². The van der Waals surface area contributed by atoms with E-state index in [9.17, 15) is 0 Å². The van der Waals surface area contributed by atoms with Gasteiger partial charge in [-0.15, -0.1) is 0 Å². The molecule has 0 fully saturated rings. The Kier molecular flexibility index (Phi) is 3.91. The van der Waals surface area contributed by atoms with Crippen molar-refractivity contribution in [1.29, 1.82) is 0 Å². The van der Waals surface area contributed by atoms with Crippen molar-refractivity contribution in [2.24, 2.45) is 5.73 Å². The number of rotatable bonds is 3. The highest BCUT2D eigenvalue weighted by Gasteiger charge is 2.16. The number of ether oxygens (including phenoxy) is 1. The zero-order valence-electron chi connectivity index (χ0n) is 9.11. The van der Waals surface area contributed by atoms with Crippen molar-refractivity contribution in [1.82, 2.24) is 0 Å². The van der Waals surface area contributed by atoms with Crippen molar-refractivity contribution >= 4 is 31.9 Å². The molecule has 2 N–H and O–H groups in total. The zero-order valence-corrected chi connectivity index (χ0v) is 12.3. The van der Waals surface area contributed by atoms with E-state index in [0.29, 0.717) is 5.76 Å². The van der Waals surface area contributed by atoms with Gasteiger partial charge in [0.1, 0.15) is 11.5 Å². The Hall–Kier alpha value is -0.780. The summed E-state index contributed by atoms with van der Waals surface area (Å²) in [5, 5.41) is 0. The molecular formula is C12H11Br2NO2. The summed E-state index contributed by atoms with van der Waals surface area (Å²) in [5.74, 6) is 1.49. The molecule has 0 radical (unpaired) electrons. The van der Waals surface area contributed by atoms with Gasteiger partial charge in [-0.05, 0) is 55.6 Å². The first-order chi connectivity index (χ1) is 8.13. The molecule has 5 heteroatoms. The minimum absolute atomic E-state index is 0.304. The quantitative estimate of drug-likeness (QED) is 0.903. The SMILES string of the molecule is COc1ccc(C(N)c2occc2Br)cc1Br. The summed E-state index contributed by atoms with van der Waals surface area (Å²) in [6.45, 7) is 0. The van der Waals surface area contributed by atoms with Gasteiger partial charge in [0.2, 0.25) is 0 Å². The first-order valence-corrected chi connectivity index (χ1v) is 6.54. The van der Waals surface area contributed by atoms with Crippen molar-refractivity contribution in [2.45, 2.75) is 6.04 Å². The van der Waals surface area contributed by atoms with Crippen LogP contribution in [0.2, 0.25) is 0 Å². The number of halogens is 2. The maximum absolute atomic E-state index is 6.14. The van der Waals surface area contributed by atoms with E-state index in [-0.39, 0.29) is 6.04 Å². The fourth-order valence-electron chi connectivity index (χ4n) is 1.55. The molecule has 1 unspecified atom stereocenters. The highest BCUT2D eigenvalue weighted by molar-refractivity contribution is 9.10. The third-order valence-electron chi connectivity index (χ3n) is 2.46. The molecule has 90 valence electrons. The maximum atomic E-state index is 6.14. The predicted molar refractivity (Wildman–Crippen MR) is 73.1 cm³/mol. The summed E-state index contributed by atoms with van der Waals surface area (Å²) in [4.78, 5) is 0. The summed E-state index contributed by atoms with van der Waals surface area (Å²) in [6, 6.07) is 7.24. The van der Waals surface area contributed by atoms with E-state index in [1.807, 2.05) is 24.3 Å². The van der Waals surface area contributed by atoms with Gasteiger partial charge >= 0.3 is 0 Å². The molecule has 0 aliphatic carbocycles. The fourth-order valence-corrected chi connectivity index (χ4v) is 2.56. The molecule has 17 heavy (non-hydrogen) atoms. The molecule has 0 spiro atoms. The minimum atomic E-state index is -0.304. The number of nitrogens with two attached hydrogens (primary N) is 1. The summed E-state index contributed by atoms with van der Waals surface area (Å²) in [7, 11) is 1.63. The maximum Gasteiger partial charge on any atom is 0.139 e. The molecule has 0 saturated heterocycles. The van der Waals surface area contributed by atoms with Crippen molar-refractivity contribution in [2.75, 3.05) is 7.11 Å². The van der Waals surface area contributed by atoms with Crippen LogP contribution in [-0.4, -0.2) is 7.11 Å². The number of hydrogen-bond donors (Lipinski definition) is 1. The van der Waals surface area contributed by atoms with E-state index in [1.54, 1.807) is 13.4 Å². The Labute approximate surface area is 116 Å². The molecule has 1 aromatic carbocycles. The topological polar surface area (TPSA) is 48.4 Å². The highest BCUT2D eigenvalue weighted by atomic mass is 79.9. The Morgan fingerprint density at radius 2 is 2.00 bits per heavy atom. The largest absolute Gasteiger partial charge is 0.496 e. The second-order valence-corrected chi connectivity index (χ2v) is 5.21. The van der Waals surface area contributed by atoms with Crippen LogP contribution in [0.3, 0.4) is 0 Å². The second-order valence-electron chi connectivity index (χ2n) is 3.50. The monoisotopic (exact) mass is 359 g/mol. The molecule has 3 nitrogen and oxygen atoms in total. The summed E-state index contributed by atoms with van der Waals surface area (Å²) in [5.41, 5.74) is 7.09. The van der Waals surface area contributed by atoms with Gasteiger partial charge in [-0.25, -0.2) is 0 Å². The van der Waals surface area contributed by atoms with Crippen molar-refractivity contribution < 1.29 is 9.15 Å². The molecular weight excluding hydrogens is 350 g/mol. The van der Waals surface area contributed by atoms with Crippen LogP contribution in [0.15, 0.2) is 43.9 Å². The molecule has 0 saturated carbocycles. The molecule has 0 amide bonds. The third kappa shape index (κ3) is 2.56. The molecule has 2 aromatic rings. The smallest absolute Gasteiger partial charge is 0.139 e. The highest BCUT2D eigenvalue weighted by Crippen LogP contribution is 2.32. The minimum Gasteiger partial charge on any atom is -0.496 e. The van der Waals surface area contributed by atoms with Crippen molar-refractivity contribution in [3.63, 3.8) is 0 Å². The van der Waals surface area contributed by atoms with Gasteiger partial charge in [-0.2, -0.15) is 0 Å². The molecule has 1 atom stereocenters. The van der Waals surface area contributed by atoms with E-state index in [0.717, 1.165) is 20.3 Å². The summed E-state index contributed by atoms with van der Waals surface area (Å²) < 4.78 is 12.3. The Balaban J connectivity index is 2.35. The van der Waals surface area contributed by atoms with Gasteiger partial charge < -0.3 is 14.9 Å². The lowest BCUT2D eigenvalue weighted by molar-refractivity contribution is 0.411. The van der Waals surface area contributed by atoms with Gasteiger partial charge in [0, 0.05) is 0 Å². The zero-order chi connectivity index (χ0) is 12.4. The van der Waals surface area contributed by atoms with E-state index in [1.165, 1.54) is 0 Å². The van der Waals surface area contributed by atoms with Gasteiger partial charge in [0.05, 0.1) is 28.4 Å². The van der Waals surface area contributed by atoms with Crippen LogP contribution < -0.4 is 10.5 Å². The number of methoxy groups -OCH3 is 1. The van der Waals surface area contributed by atoms with Gasteiger partial charge in [-0.1, -0.05) is 6.07 Å². The standard InChI is InChI=1S/C12H11Br2NO2/c1-16-10-3-2-7(6-9(10)14)11(15)12-8(13)4-5-17-12/h2-6,11H,15H2,1H3. The Morgan fingerprint density at radius 1 is 1.24 bits per heavy atom. The molecule has 1 aromatic heterocycles. The van der Waals surface area contributed by atoms with Crippen molar-refractivity contribution in [3.05, 3.63) is 50.8 Å². The Bertz CT molecular complexity index is 525. The van der Waals surface area contributed by atoms with Crippen LogP contribution >= 0.6 is 31.9 Å². The number of benzene rings is 1. The van der Waals surface area contributed by atoms with Crippen LogP contribution in [0, 0.1) is 0 Å². The molecule has 1 heterocycles. The van der Waals surface area contributed by atoms with E-state index in [2.05, 4.69) is 31.9 Å². The molecule has 0 aliphatic rings. The first kappa shape index (κ1) is 12.7. The molecule has 0 bridgehead atoms. The normalized spacial score (nSPS) is 12.5. The van der Waals surface area contributed by atoms with Crippen LogP contribution in [0.5, 0.6) is 5.75 Å². The summed E-state index contributed by atoms with van der Waals surface area (Å²) in [6.07, 6.45) is 1.61. The lowest BCUT2D eigenvalue weighted by Crippen LogP contribution is -2.11. The van der Waals surface area contributed by atoms with Crippen molar-refractivity contribution in [3.8, 4) is 5.75 Å². The fraction of sp³-hybridized carbons (Fsp3) is 0.167. The average Bonchev–Trinajstić information content (AvgIpc) is 2.74. The van der Waals surface area contributed by atoms with Gasteiger partial charge in [0.25, 0.3) is 0 Å². The van der Waals surface area contributed by atoms with Crippen LogP contribution in [0.4, 0.5) is 0 Å². The number of furan rings is 1. The Morgan fingerprint density at radius 3 is 2.53 bits per heavy atom. The summed E-state index contributed by atoms with van der Waals surface area (Å²) >= 11 is 6.84. The van der Waals surface area contributed by atoms with Gasteiger partial charge in [0.15, 0.2) is 0 Å². The van der Waals surface area contributed by atoms with Crippen LogP contribution in [-0.2, 0) is 0 Å². The van der Waals surface area contributed by atoms with E-state index in [4.69, 9.17) is 14.9 Å². The molecule has 2 rings (SSSR count). The van der Waals surface area contributed by atoms with Gasteiger partial charge in [-0.3, -0.25) is 0 Å².